The monoisotopic (exact) mass is 267 g/mol. The van der Waals surface area contributed by atoms with Gasteiger partial charge in [-0.25, -0.2) is 8.78 Å². The molecule has 0 spiro atoms. The van der Waals surface area contributed by atoms with E-state index in [0.717, 1.165) is 32.0 Å². The van der Waals surface area contributed by atoms with Crippen LogP contribution in [-0.4, -0.2) is 34.7 Å². The molecule has 0 aromatic heterocycles. The Kier molecular flexibility index (Phi) is 3.31. The molecule has 2 unspecified atom stereocenters. The Morgan fingerprint density at radius 2 is 2.11 bits per heavy atom. The molecule has 19 heavy (non-hydrogen) atoms. The Hall–Kier alpha value is -1.00. The largest absolute Gasteiger partial charge is 0.388 e. The normalized spacial score (nSPS) is 31.4. The summed E-state index contributed by atoms with van der Waals surface area (Å²) in [7, 11) is 0. The maximum absolute atomic E-state index is 13.7. The van der Waals surface area contributed by atoms with E-state index >= 15 is 0 Å². The second kappa shape index (κ2) is 4.84. The highest BCUT2D eigenvalue weighted by atomic mass is 19.1. The van der Waals surface area contributed by atoms with Crippen molar-refractivity contribution in [1.82, 2.24) is 4.90 Å². The zero-order valence-corrected chi connectivity index (χ0v) is 10.9. The summed E-state index contributed by atoms with van der Waals surface area (Å²) in [5.41, 5.74) is -0.449. The van der Waals surface area contributed by atoms with Crippen molar-refractivity contribution in [2.75, 3.05) is 13.1 Å². The lowest BCUT2D eigenvalue weighted by Gasteiger charge is -2.37. The predicted molar refractivity (Wildman–Crippen MR) is 68.8 cm³/mol. The molecule has 1 N–H and O–H groups in total. The smallest absolute Gasteiger partial charge is 0.129 e. The van der Waals surface area contributed by atoms with Gasteiger partial charge in [0, 0.05) is 25.1 Å². The van der Waals surface area contributed by atoms with Gasteiger partial charge in [0.25, 0.3) is 0 Å². The molecule has 2 nitrogen and oxygen atoms in total. The van der Waals surface area contributed by atoms with Gasteiger partial charge in [0.05, 0.1) is 5.60 Å². The summed E-state index contributed by atoms with van der Waals surface area (Å²) in [6.07, 6.45) is 4.22. The highest BCUT2D eigenvalue weighted by molar-refractivity contribution is 5.22. The summed E-state index contributed by atoms with van der Waals surface area (Å²) in [4.78, 5) is 2.31. The second-order valence-electron chi connectivity index (χ2n) is 5.81. The van der Waals surface area contributed by atoms with Crippen LogP contribution in [0.2, 0.25) is 0 Å². The van der Waals surface area contributed by atoms with Crippen LogP contribution in [0.4, 0.5) is 8.78 Å². The maximum atomic E-state index is 13.7. The van der Waals surface area contributed by atoms with E-state index in [1.165, 1.54) is 18.6 Å². The number of benzene rings is 1. The van der Waals surface area contributed by atoms with Crippen LogP contribution in [0.1, 0.15) is 31.2 Å². The van der Waals surface area contributed by atoms with Crippen molar-refractivity contribution in [3.05, 3.63) is 35.4 Å². The fourth-order valence-corrected chi connectivity index (χ4v) is 3.57. The molecule has 0 amide bonds. The van der Waals surface area contributed by atoms with Gasteiger partial charge in [-0.1, -0.05) is 12.5 Å². The SMILES string of the molecule is OC1(Cc2ccc(F)cc2F)CCN2CCCCC21. The van der Waals surface area contributed by atoms with E-state index in [1.807, 2.05) is 0 Å². The maximum Gasteiger partial charge on any atom is 0.129 e. The zero-order valence-electron chi connectivity index (χ0n) is 10.9. The van der Waals surface area contributed by atoms with Crippen molar-refractivity contribution in [3.8, 4) is 0 Å². The van der Waals surface area contributed by atoms with Gasteiger partial charge in [-0.3, -0.25) is 4.90 Å². The lowest BCUT2D eigenvalue weighted by atomic mass is 9.83. The standard InChI is InChI=1S/C15H19F2NO/c16-12-5-4-11(13(17)9-12)10-15(19)6-8-18-7-2-1-3-14(15)18/h4-5,9,14,19H,1-3,6-8,10H2. The van der Waals surface area contributed by atoms with Crippen LogP contribution in [0.15, 0.2) is 18.2 Å². The minimum atomic E-state index is -0.862. The highest BCUT2D eigenvalue weighted by Crippen LogP contribution is 2.37. The van der Waals surface area contributed by atoms with Crippen molar-refractivity contribution >= 4 is 0 Å². The molecule has 104 valence electrons. The van der Waals surface area contributed by atoms with E-state index in [1.54, 1.807) is 0 Å². The van der Waals surface area contributed by atoms with E-state index in [-0.39, 0.29) is 12.5 Å². The van der Waals surface area contributed by atoms with Crippen molar-refractivity contribution in [3.63, 3.8) is 0 Å². The number of hydrogen-bond donors (Lipinski definition) is 1. The quantitative estimate of drug-likeness (QED) is 0.890. The number of hydrogen-bond acceptors (Lipinski definition) is 2. The molecule has 2 aliphatic rings. The Balaban J connectivity index is 1.81. The average Bonchev–Trinajstić information content (AvgIpc) is 2.72. The van der Waals surface area contributed by atoms with Gasteiger partial charge < -0.3 is 5.11 Å². The van der Waals surface area contributed by atoms with E-state index in [9.17, 15) is 13.9 Å². The van der Waals surface area contributed by atoms with Crippen LogP contribution < -0.4 is 0 Å². The minimum Gasteiger partial charge on any atom is -0.388 e. The molecular weight excluding hydrogens is 248 g/mol. The summed E-state index contributed by atoms with van der Waals surface area (Å²) in [5.74, 6) is -1.12. The Morgan fingerprint density at radius 3 is 2.89 bits per heavy atom. The third-order valence-electron chi connectivity index (χ3n) is 4.58. The van der Waals surface area contributed by atoms with Gasteiger partial charge in [0.1, 0.15) is 11.6 Å². The number of nitrogens with zero attached hydrogens (tertiary/aromatic N) is 1. The van der Waals surface area contributed by atoms with Crippen LogP contribution in [-0.2, 0) is 6.42 Å². The molecule has 3 rings (SSSR count). The van der Waals surface area contributed by atoms with Crippen LogP contribution in [0.5, 0.6) is 0 Å². The molecule has 1 aromatic carbocycles. The average molecular weight is 267 g/mol. The first-order valence-electron chi connectivity index (χ1n) is 6.99. The number of fused-ring (bicyclic) bond motifs is 1. The molecule has 2 atom stereocenters. The topological polar surface area (TPSA) is 23.5 Å². The Bertz CT molecular complexity index is 479. The third-order valence-corrected chi connectivity index (χ3v) is 4.58. The molecule has 2 heterocycles. The van der Waals surface area contributed by atoms with Crippen LogP contribution in [0.25, 0.3) is 0 Å². The van der Waals surface area contributed by atoms with Gasteiger partial charge in [-0.15, -0.1) is 0 Å². The van der Waals surface area contributed by atoms with Crippen molar-refractivity contribution in [2.24, 2.45) is 0 Å². The molecule has 0 bridgehead atoms. The summed E-state index contributed by atoms with van der Waals surface area (Å²) in [5, 5.41) is 10.8. The first-order chi connectivity index (χ1) is 9.08. The Labute approximate surface area is 112 Å². The van der Waals surface area contributed by atoms with Crippen molar-refractivity contribution in [2.45, 2.75) is 43.7 Å². The summed E-state index contributed by atoms with van der Waals surface area (Å²) >= 11 is 0. The van der Waals surface area contributed by atoms with Gasteiger partial charge >= 0.3 is 0 Å². The van der Waals surface area contributed by atoms with Gasteiger partial charge in [0.15, 0.2) is 0 Å². The molecule has 4 heteroatoms. The predicted octanol–water partition coefficient (Wildman–Crippen LogP) is 2.50. The lowest BCUT2D eigenvalue weighted by Crippen LogP contribution is -2.48. The first-order valence-corrected chi connectivity index (χ1v) is 6.99. The highest BCUT2D eigenvalue weighted by Gasteiger charge is 2.46. The van der Waals surface area contributed by atoms with E-state index in [2.05, 4.69) is 4.90 Å². The first kappa shape index (κ1) is 13.0. The summed E-state index contributed by atoms with van der Waals surface area (Å²) in [6.45, 7) is 1.91. The third kappa shape index (κ3) is 2.39. The van der Waals surface area contributed by atoms with Gasteiger partial charge in [-0.05, 0) is 37.4 Å². The number of piperidine rings is 1. The van der Waals surface area contributed by atoms with Gasteiger partial charge in [-0.2, -0.15) is 0 Å². The molecule has 1 aromatic rings. The van der Waals surface area contributed by atoms with E-state index < -0.39 is 17.2 Å². The van der Waals surface area contributed by atoms with Gasteiger partial charge in [0.2, 0.25) is 0 Å². The van der Waals surface area contributed by atoms with E-state index in [4.69, 9.17) is 0 Å². The molecule has 2 fully saturated rings. The fraction of sp³-hybridized carbons (Fsp3) is 0.600. The number of halogens is 2. The Morgan fingerprint density at radius 1 is 1.26 bits per heavy atom. The van der Waals surface area contributed by atoms with Crippen LogP contribution in [0, 0.1) is 11.6 Å². The van der Waals surface area contributed by atoms with Crippen LogP contribution in [0.3, 0.4) is 0 Å². The molecule has 2 saturated heterocycles. The van der Waals surface area contributed by atoms with Crippen LogP contribution >= 0.6 is 0 Å². The minimum absolute atomic E-state index is 0.130. The van der Waals surface area contributed by atoms with Crippen molar-refractivity contribution in [1.29, 1.82) is 0 Å². The number of aliphatic hydroxyl groups is 1. The fourth-order valence-electron chi connectivity index (χ4n) is 3.57. The second-order valence-corrected chi connectivity index (χ2v) is 5.81. The molecular formula is C15H19F2NO. The summed E-state index contributed by atoms with van der Waals surface area (Å²) < 4.78 is 26.6. The van der Waals surface area contributed by atoms with E-state index in [0.29, 0.717) is 12.0 Å². The summed E-state index contributed by atoms with van der Waals surface area (Å²) in [6, 6.07) is 3.74. The van der Waals surface area contributed by atoms with Crippen molar-refractivity contribution < 1.29 is 13.9 Å². The molecule has 0 radical (unpaired) electrons. The lowest BCUT2D eigenvalue weighted by molar-refractivity contribution is -0.00945. The molecule has 2 aliphatic heterocycles. The zero-order chi connectivity index (χ0) is 13.5. The number of rotatable bonds is 2. The molecule has 0 aliphatic carbocycles. The molecule has 0 saturated carbocycles.